The van der Waals surface area contributed by atoms with Gasteiger partial charge >= 0.3 is 11.9 Å². The normalized spacial score (nSPS) is 10.4. The lowest BCUT2D eigenvalue weighted by molar-refractivity contribution is -0.141. The molecule has 1 heterocycles. The quantitative estimate of drug-likeness (QED) is 0.465. The van der Waals surface area contributed by atoms with E-state index in [4.69, 9.17) is 10.2 Å². The second-order valence-corrected chi connectivity index (χ2v) is 3.29. The highest BCUT2D eigenvalue weighted by atomic mass is 16.4. The molecule has 0 aliphatic heterocycles. The van der Waals surface area contributed by atoms with Crippen LogP contribution in [0, 0.1) is 0 Å². The highest BCUT2D eigenvalue weighted by Crippen LogP contribution is 2.11. The molecule has 96 valence electrons. The second kappa shape index (κ2) is 6.18. The summed E-state index contributed by atoms with van der Waals surface area (Å²) in [6.07, 6.45) is 3.78. The number of carboxylic acids is 2. The van der Waals surface area contributed by atoms with Crippen LogP contribution in [0.4, 0.5) is 0 Å². The summed E-state index contributed by atoms with van der Waals surface area (Å²) in [6.45, 7) is -1.09. The summed E-state index contributed by atoms with van der Waals surface area (Å²) in [5.74, 6) is -2.54. The molecule has 0 spiro atoms. The van der Waals surface area contributed by atoms with E-state index in [0.29, 0.717) is 5.56 Å². The van der Waals surface area contributed by atoms with Crippen LogP contribution in [0.2, 0.25) is 0 Å². The minimum atomic E-state index is -1.20. The van der Waals surface area contributed by atoms with Gasteiger partial charge in [0.15, 0.2) is 0 Å². The zero-order chi connectivity index (χ0) is 13.5. The van der Waals surface area contributed by atoms with Gasteiger partial charge in [0.1, 0.15) is 18.8 Å². The van der Waals surface area contributed by atoms with Crippen molar-refractivity contribution in [2.45, 2.75) is 0 Å². The third-order valence-corrected chi connectivity index (χ3v) is 1.83. The Bertz CT molecular complexity index is 458. The van der Waals surface area contributed by atoms with E-state index in [0.717, 1.165) is 5.01 Å². The SMILES string of the molecule is O=C(O)CN(CC(=O)O)/N=C/c1ccncc1O. The first-order valence-corrected chi connectivity index (χ1v) is 4.84. The molecule has 0 unspecified atom stereocenters. The lowest BCUT2D eigenvalue weighted by Gasteiger charge is -2.13. The number of nitrogens with zero attached hydrogens (tertiary/aromatic N) is 3. The first-order chi connectivity index (χ1) is 8.49. The first kappa shape index (κ1) is 13.4. The van der Waals surface area contributed by atoms with Gasteiger partial charge in [-0.15, -0.1) is 0 Å². The predicted octanol–water partition coefficient (Wildman–Crippen LogP) is -0.408. The number of aromatic hydroxyl groups is 1. The zero-order valence-electron chi connectivity index (χ0n) is 9.22. The van der Waals surface area contributed by atoms with E-state index < -0.39 is 25.0 Å². The molecule has 0 saturated heterocycles. The van der Waals surface area contributed by atoms with E-state index >= 15 is 0 Å². The van der Waals surface area contributed by atoms with Gasteiger partial charge in [-0.3, -0.25) is 19.6 Å². The second-order valence-electron chi connectivity index (χ2n) is 3.29. The van der Waals surface area contributed by atoms with Crippen molar-refractivity contribution in [3.05, 3.63) is 24.0 Å². The topological polar surface area (TPSA) is 123 Å². The van der Waals surface area contributed by atoms with Crippen molar-refractivity contribution in [2.24, 2.45) is 5.10 Å². The molecule has 1 aromatic heterocycles. The minimum Gasteiger partial charge on any atom is -0.506 e. The maximum absolute atomic E-state index is 10.5. The largest absolute Gasteiger partial charge is 0.506 e. The molecule has 0 fully saturated rings. The van der Waals surface area contributed by atoms with Crippen LogP contribution in [-0.4, -0.2) is 56.6 Å². The standard InChI is InChI=1S/C10H11N3O5/c14-8-4-11-2-1-7(8)3-12-13(5-9(15)16)6-10(17)18/h1-4,14H,5-6H2,(H,15,16)(H,17,18)/b12-3+. The fourth-order valence-electron chi connectivity index (χ4n) is 1.10. The van der Waals surface area contributed by atoms with Gasteiger partial charge in [-0.25, -0.2) is 0 Å². The Morgan fingerprint density at radius 1 is 1.33 bits per heavy atom. The van der Waals surface area contributed by atoms with Gasteiger partial charge in [0.2, 0.25) is 0 Å². The van der Waals surface area contributed by atoms with Crippen molar-refractivity contribution in [1.29, 1.82) is 0 Å². The van der Waals surface area contributed by atoms with Crippen LogP contribution in [0.15, 0.2) is 23.6 Å². The van der Waals surface area contributed by atoms with Gasteiger partial charge in [-0.2, -0.15) is 5.10 Å². The summed E-state index contributed by atoms with van der Waals surface area (Å²) in [7, 11) is 0. The summed E-state index contributed by atoms with van der Waals surface area (Å²) in [5.41, 5.74) is 0.311. The lowest BCUT2D eigenvalue weighted by atomic mass is 10.3. The number of rotatable bonds is 6. The molecule has 3 N–H and O–H groups in total. The van der Waals surface area contributed by atoms with Crippen LogP contribution in [0.25, 0.3) is 0 Å². The van der Waals surface area contributed by atoms with Crippen LogP contribution in [0.5, 0.6) is 5.75 Å². The van der Waals surface area contributed by atoms with Crippen molar-refractivity contribution < 1.29 is 24.9 Å². The number of aromatic nitrogens is 1. The summed E-state index contributed by atoms with van der Waals surface area (Å²) < 4.78 is 0. The molecule has 1 aromatic rings. The Morgan fingerprint density at radius 3 is 2.44 bits per heavy atom. The van der Waals surface area contributed by atoms with Gasteiger partial charge in [-0.1, -0.05) is 0 Å². The van der Waals surface area contributed by atoms with Gasteiger partial charge in [0.05, 0.1) is 12.4 Å². The number of hydrogen-bond donors (Lipinski definition) is 3. The van der Waals surface area contributed by atoms with Crippen molar-refractivity contribution in [3.63, 3.8) is 0 Å². The smallest absolute Gasteiger partial charge is 0.324 e. The Kier molecular flexibility index (Phi) is 4.61. The Morgan fingerprint density at radius 2 is 1.94 bits per heavy atom. The molecule has 0 aliphatic rings. The molecule has 0 amide bonds. The van der Waals surface area contributed by atoms with Crippen LogP contribution >= 0.6 is 0 Å². The highest BCUT2D eigenvalue weighted by molar-refractivity contribution is 5.83. The van der Waals surface area contributed by atoms with E-state index in [9.17, 15) is 14.7 Å². The van der Waals surface area contributed by atoms with Crippen molar-refractivity contribution in [2.75, 3.05) is 13.1 Å². The van der Waals surface area contributed by atoms with Crippen molar-refractivity contribution in [1.82, 2.24) is 9.99 Å². The molecule has 18 heavy (non-hydrogen) atoms. The van der Waals surface area contributed by atoms with E-state index in [1.165, 1.54) is 24.7 Å². The average molecular weight is 253 g/mol. The van der Waals surface area contributed by atoms with Crippen molar-refractivity contribution in [3.8, 4) is 5.75 Å². The summed E-state index contributed by atoms with van der Waals surface area (Å²) >= 11 is 0. The Labute approximate surface area is 102 Å². The maximum Gasteiger partial charge on any atom is 0.324 e. The molecule has 1 rings (SSSR count). The molecule has 8 nitrogen and oxygen atoms in total. The van der Waals surface area contributed by atoms with E-state index in [1.807, 2.05) is 0 Å². The fourth-order valence-corrected chi connectivity index (χ4v) is 1.10. The summed E-state index contributed by atoms with van der Waals surface area (Å²) in [4.78, 5) is 24.7. The highest BCUT2D eigenvalue weighted by Gasteiger charge is 2.10. The molecule has 8 heteroatoms. The van der Waals surface area contributed by atoms with E-state index in [-0.39, 0.29) is 5.75 Å². The Hall–Kier alpha value is -2.64. The zero-order valence-corrected chi connectivity index (χ0v) is 9.22. The molecule has 0 atom stereocenters. The predicted molar refractivity (Wildman–Crippen MR) is 60.3 cm³/mol. The Balaban J connectivity index is 2.79. The number of pyridine rings is 1. The number of hydrogen-bond acceptors (Lipinski definition) is 6. The summed E-state index contributed by atoms with van der Waals surface area (Å²) in [5, 5.41) is 31.1. The van der Waals surface area contributed by atoms with E-state index in [1.54, 1.807) is 0 Å². The lowest BCUT2D eigenvalue weighted by Crippen LogP contribution is -2.30. The van der Waals surface area contributed by atoms with Crippen LogP contribution in [0.1, 0.15) is 5.56 Å². The fraction of sp³-hybridized carbons (Fsp3) is 0.200. The van der Waals surface area contributed by atoms with Gasteiger partial charge in [0.25, 0.3) is 0 Å². The third kappa shape index (κ3) is 4.47. The van der Waals surface area contributed by atoms with Gasteiger partial charge in [0, 0.05) is 11.8 Å². The molecule has 0 aromatic carbocycles. The molecular formula is C10H11N3O5. The van der Waals surface area contributed by atoms with E-state index in [2.05, 4.69) is 10.1 Å². The van der Waals surface area contributed by atoms with Crippen molar-refractivity contribution >= 4 is 18.2 Å². The molecule has 0 bridgehead atoms. The number of hydrazone groups is 1. The molecule has 0 radical (unpaired) electrons. The number of carbonyl (C=O) groups is 2. The van der Waals surface area contributed by atoms with Gasteiger partial charge in [-0.05, 0) is 6.07 Å². The molecule has 0 aliphatic carbocycles. The average Bonchev–Trinajstić information content (AvgIpc) is 2.26. The van der Waals surface area contributed by atoms with Crippen LogP contribution in [-0.2, 0) is 9.59 Å². The molecule has 0 saturated carbocycles. The monoisotopic (exact) mass is 253 g/mol. The number of aliphatic carboxylic acids is 2. The third-order valence-electron chi connectivity index (χ3n) is 1.83. The summed E-state index contributed by atoms with van der Waals surface area (Å²) in [6, 6.07) is 1.46. The number of carboxylic acid groups (broad SMARTS) is 2. The first-order valence-electron chi connectivity index (χ1n) is 4.84. The van der Waals surface area contributed by atoms with Gasteiger partial charge < -0.3 is 15.3 Å². The van der Waals surface area contributed by atoms with Crippen LogP contribution in [0.3, 0.4) is 0 Å². The molecular weight excluding hydrogens is 242 g/mol. The van der Waals surface area contributed by atoms with Crippen LogP contribution < -0.4 is 0 Å². The minimum absolute atomic E-state index is 0.133. The maximum atomic E-state index is 10.5.